The molecule has 0 aliphatic carbocycles. The largest absolute Gasteiger partial charge is 0.418 e. The number of nitrogens with zero attached hydrogens (tertiary/aromatic N) is 2. The second-order valence-corrected chi connectivity index (χ2v) is 5.69. The molecule has 0 spiro atoms. The van der Waals surface area contributed by atoms with E-state index in [1.54, 1.807) is 0 Å². The van der Waals surface area contributed by atoms with E-state index in [9.17, 15) is 26.3 Å². The number of hydrogen-bond acceptors (Lipinski definition) is 4. The molecule has 2 aromatic rings. The molecule has 1 heterocycles. The van der Waals surface area contributed by atoms with Crippen LogP contribution in [0.5, 0.6) is 0 Å². The number of aliphatic hydroxyl groups excluding tert-OH is 1. The van der Waals surface area contributed by atoms with Gasteiger partial charge in [0.15, 0.2) is 0 Å². The molecule has 0 bridgehead atoms. The number of aliphatic hydroxyl groups is 1. The van der Waals surface area contributed by atoms with E-state index in [0.717, 1.165) is 5.92 Å². The highest BCUT2D eigenvalue weighted by Crippen LogP contribution is 2.38. The lowest BCUT2D eigenvalue weighted by molar-refractivity contribution is -0.143. The Bertz CT molecular complexity index is 657. The fraction of sp³-hybridized carbons (Fsp3) is 0.467. The van der Waals surface area contributed by atoms with Gasteiger partial charge < -0.3 is 9.52 Å². The zero-order chi connectivity index (χ0) is 19.4. The Morgan fingerprint density at radius 2 is 1.36 bits per heavy atom. The summed E-state index contributed by atoms with van der Waals surface area (Å²) in [6.45, 7) is 5.82. The normalized spacial score (nSPS) is 12.1. The quantitative estimate of drug-likeness (QED) is 0.762. The molecule has 2 rings (SSSR count). The monoisotopic (exact) mass is 370 g/mol. The van der Waals surface area contributed by atoms with Gasteiger partial charge in [0.2, 0.25) is 11.8 Å². The van der Waals surface area contributed by atoms with Crippen molar-refractivity contribution < 1.29 is 35.9 Å². The predicted molar refractivity (Wildman–Crippen MR) is 76.2 cm³/mol. The van der Waals surface area contributed by atoms with E-state index in [1.807, 2.05) is 0 Å². The molecule has 1 aromatic carbocycles. The first kappa shape index (κ1) is 20.9. The summed E-state index contributed by atoms with van der Waals surface area (Å²) in [4.78, 5) is 0. The zero-order valence-corrected chi connectivity index (χ0v) is 13.5. The van der Waals surface area contributed by atoms with E-state index >= 15 is 0 Å². The van der Waals surface area contributed by atoms with Crippen molar-refractivity contribution in [3.63, 3.8) is 0 Å². The Balaban J connectivity index is 0.000000705. The Hall–Kier alpha value is -2.10. The van der Waals surface area contributed by atoms with E-state index in [2.05, 4.69) is 31.0 Å². The van der Waals surface area contributed by atoms with Crippen LogP contribution in [-0.4, -0.2) is 15.3 Å². The summed E-state index contributed by atoms with van der Waals surface area (Å²) in [5, 5.41) is 15.3. The number of aromatic nitrogens is 2. The van der Waals surface area contributed by atoms with Crippen LogP contribution in [0, 0.1) is 5.92 Å². The lowest BCUT2D eigenvalue weighted by atomic mass is 10.0. The first-order valence-corrected chi connectivity index (χ1v) is 7.07. The molecule has 1 N–H and O–H groups in total. The van der Waals surface area contributed by atoms with Crippen LogP contribution in [0.1, 0.15) is 37.8 Å². The molecule has 0 aliphatic rings. The van der Waals surface area contributed by atoms with E-state index in [0.29, 0.717) is 12.1 Å². The number of rotatable bonds is 2. The predicted octanol–water partition coefficient (Wildman–Crippen LogP) is 4.93. The first-order chi connectivity index (χ1) is 11.3. The summed E-state index contributed by atoms with van der Waals surface area (Å²) in [5.74, 6) is -0.0355. The average Bonchev–Trinajstić information content (AvgIpc) is 2.93. The van der Waals surface area contributed by atoms with Crippen LogP contribution in [0.2, 0.25) is 0 Å². The summed E-state index contributed by atoms with van der Waals surface area (Å²) in [6.07, 6.45) is -9.92. The van der Waals surface area contributed by atoms with Crippen molar-refractivity contribution in [2.45, 2.75) is 39.7 Å². The second-order valence-electron chi connectivity index (χ2n) is 5.69. The minimum absolute atomic E-state index is 0.00712. The Morgan fingerprint density at radius 1 is 0.920 bits per heavy atom. The van der Waals surface area contributed by atoms with Crippen LogP contribution < -0.4 is 0 Å². The fourth-order valence-corrected chi connectivity index (χ4v) is 1.51. The van der Waals surface area contributed by atoms with Gasteiger partial charge in [-0.3, -0.25) is 0 Å². The van der Waals surface area contributed by atoms with Crippen molar-refractivity contribution in [2.75, 3.05) is 0 Å². The smallest absolute Gasteiger partial charge is 0.416 e. The van der Waals surface area contributed by atoms with Gasteiger partial charge in [0.05, 0.1) is 11.1 Å². The van der Waals surface area contributed by atoms with Gasteiger partial charge in [-0.25, -0.2) is 0 Å². The highest BCUT2D eigenvalue weighted by atomic mass is 19.4. The van der Waals surface area contributed by atoms with Crippen molar-refractivity contribution in [3.05, 3.63) is 35.2 Å². The van der Waals surface area contributed by atoms with Crippen LogP contribution in [0.25, 0.3) is 11.5 Å². The molecule has 0 aliphatic heterocycles. The number of alkyl halides is 6. The van der Waals surface area contributed by atoms with E-state index < -0.39 is 41.5 Å². The summed E-state index contributed by atoms with van der Waals surface area (Å²) in [5.41, 5.74) is -3.52. The van der Waals surface area contributed by atoms with Crippen LogP contribution >= 0.6 is 0 Å². The lowest BCUT2D eigenvalue weighted by Gasteiger charge is -2.12. The number of hydrogen-bond donors (Lipinski definition) is 1. The average molecular weight is 370 g/mol. The molecule has 4 nitrogen and oxygen atoms in total. The Morgan fingerprint density at radius 3 is 1.68 bits per heavy atom. The lowest BCUT2D eigenvalue weighted by Crippen LogP contribution is -2.11. The second kappa shape index (κ2) is 7.85. The molecule has 0 unspecified atom stereocenters. The molecule has 0 saturated heterocycles. The van der Waals surface area contributed by atoms with Gasteiger partial charge in [-0.1, -0.05) is 20.8 Å². The van der Waals surface area contributed by atoms with Crippen molar-refractivity contribution in [2.24, 2.45) is 5.92 Å². The summed E-state index contributed by atoms with van der Waals surface area (Å²) < 4.78 is 80.6. The van der Waals surface area contributed by atoms with Crippen molar-refractivity contribution in [1.29, 1.82) is 0 Å². The Labute approximate surface area is 139 Å². The minimum Gasteiger partial charge on any atom is -0.418 e. The first-order valence-electron chi connectivity index (χ1n) is 7.07. The molecule has 0 atom stereocenters. The molecule has 140 valence electrons. The molecule has 0 saturated carbocycles. The maximum atomic E-state index is 12.6. The van der Waals surface area contributed by atoms with Crippen LogP contribution in [0.4, 0.5) is 26.3 Å². The van der Waals surface area contributed by atoms with Gasteiger partial charge in [-0.15, -0.1) is 10.2 Å². The number of benzene rings is 1. The zero-order valence-electron chi connectivity index (χ0n) is 13.5. The van der Waals surface area contributed by atoms with Crippen molar-refractivity contribution in [1.82, 2.24) is 10.2 Å². The topological polar surface area (TPSA) is 59.2 Å². The molecular formula is C15H16F6N2O2. The molecule has 0 fully saturated rings. The summed E-state index contributed by atoms with van der Waals surface area (Å²) in [7, 11) is 0. The fourth-order valence-electron chi connectivity index (χ4n) is 1.51. The molecule has 0 amide bonds. The van der Waals surface area contributed by atoms with E-state index in [1.165, 1.54) is 0 Å². The molecule has 0 radical (unpaired) electrons. The number of halogens is 6. The maximum absolute atomic E-state index is 12.6. The summed E-state index contributed by atoms with van der Waals surface area (Å²) in [6, 6.07) is 0.917. The van der Waals surface area contributed by atoms with Gasteiger partial charge >= 0.3 is 12.4 Å². The van der Waals surface area contributed by atoms with Gasteiger partial charge in [0.25, 0.3) is 0 Å². The van der Waals surface area contributed by atoms with Gasteiger partial charge in [-0.2, -0.15) is 26.3 Å². The molecular weight excluding hydrogens is 354 g/mol. The van der Waals surface area contributed by atoms with Gasteiger partial charge in [-0.05, 0) is 24.1 Å². The molecule has 10 heteroatoms. The third-order valence-electron chi connectivity index (χ3n) is 2.44. The maximum Gasteiger partial charge on any atom is 0.416 e. The molecule has 25 heavy (non-hydrogen) atoms. The van der Waals surface area contributed by atoms with Crippen LogP contribution in [0.3, 0.4) is 0 Å². The van der Waals surface area contributed by atoms with E-state index in [-0.39, 0.29) is 12.0 Å². The van der Waals surface area contributed by atoms with Crippen LogP contribution in [-0.2, 0) is 19.0 Å². The third kappa shape index (κ3) is 6.37. The SMILES string of the molecule is CC(C)C.OCc1nnc(-c2cc(C(F)(F)F)cc(C(F)(F)F)c2)o1. The highest BCUT2D eigenvalue weighted by molar-refractivity contribution is 5.56. The van der Waals surface area contributed by atoms with Crippen molar-refractivity contribution >= 4 is 0 Å². The summed E-state index contributed by atoms with van der Waals surface area (Å²) >= 11 is 0. The van der Waals surface area contributed by atoms with Gasteiger partial charge in [0.1, 0.15) is 6.61 Å². The van der Waals surface area contributed by atoms with Crippen molar-refractivity contribution in [3.8, 4) is 11.5 Å². The minimum atomic E-state index is -4.96. The standard InChI is InChI=1S/C11H6F6N2O2.C4H10/c12-10(13,14)6-1-5(2-7(3-6)11(15,16)17)9-19-18-8(4-20)21-9;1-4(2)3/h1-3,20H,4H2;4H,1-3H3. The van der Waals surface area contributed by atoms with Gasteiger partial charge in [0, 0.05) is 5.56 Å². The highest BCUT2D eigenvalue weighted by Gasteiger charge is 2.37. The Kier molecular flexibility index (Phi) is 6.58. The van der Waals surface area contributed by atoms with E-state index in [4.69, 9.17) is 9.52 Å². The third-order valence-corrected chi connectivity index (χ3v) is 2.44. The molecule has 1 aromatic heterocycles. The van der Waals surface area contributed by atoms with Crippen LogP contribution in [0.15, 0.2) is 22.6 Å².